The molecule has 0 saturated carbocycles. The van der Waals surface area contributed by atoms with Gasteiger partial charge in [-0.15, -0.1) is 11.3 Å². The van der Waals surface area contributed by atoms with Crippen molar-refractivity contribution in [1.29, 1.82) is 0 Å². The van der Waals surface area contributed by atoms with E-state index >= 15 is 0 Å². The number of hydrogen-bond donors (Lipinski definition) is 1. The highest BCUT2D eigenvalue weighted by molar-refractivity contribution is 7.17. The summed E-state index contributed by atoms with van der Waals surface area (Å²) in [6, 6.07) is 3.55. The molecule has 0 fully saturated rings. The number of ether oxygens (including phenoxy) is 1. The molecule has 0 bridgehead atoms. The Morgan fingerprint density at radius 2 is 2.11 bits per heavy atom. The molecule has 2 N–H and O–H groups in total. The predicted octanol–water partition coefficient (Wildman–Crippen LogP) is 2.68. The molecule has 2 heterocycles. The average molecular weight is 267 g/mol. The Kier molecular flexibility index (Phi) is 2.34. The van der Waals surface area contributed by atoms with Crippen LogP contribution in [0.25, 0.3) is 10.4 Å². The highest BCUT2D eigenvalue weighted by atomic mass is 32.1. The van der Waals surface area contributed by atoms with Crippen LogP contribution in [0.15, 0.2) is 18.2 Å². The lowest BCUT2D eigenvalue weighted by Crippen LogP contribution is -2.08. The predicted molar refractivity (Wildman–Crippen MR) is 62.5 cm³/mol. The maximum atomic E-state index is 13.5. The fourth-order valence-electron chi connectivity index (χ4n) is 1.91. The van der Waals surface area contributed by atoms with Crippen LogP contribution in [0.2, 0.25) is 0 Å². The summed E-state index contributed by atoms with van der Waals surface area (Å²) in [6.45, 7) is 0.147. The van der Waals surface area contributed by atoms with Crippen molar-refractivity contribution >= 4 is 17.2 Å². The molecule has 0 unspecified atom stereocenters. The first-order chi connectivity index (χ1) is 8.56. The summed E-state index contributed by atoms with van der Waals surface area (Å²) in [4.78, 5) is 12.1. The first-order valence-electron chi connectivity index (χ1n) is 5.11. The second kappa shape index (κ2) is 3.78. The van der Waals surface area contributed by atoms with Gasteiger partial charge in [0.25, 0.3) is 5.91 Å². The second-order valence-corrected chi connectivity index (χ2v) is 4.93. The number of benzene rings is 1. The topological polar surface area (TPSA) is 52.3 Å². The quantitative estimate of drug-likeness (QED) is 0.863. The van der Waals surface area contributed by atoms with Crippen molar-refractivity contribution in [2.75, 3.05) is 0 Å². The lowest BCUT2D eigenvalue weighted by atomic mass is 10.1. The van der Waals surface area contributed by atoms with Gasteiger partial charge in [0.05, 0.1) is 4.88 Å². The molecule has 92 valence electrons. The lowest BCUT2D eigenvalue weighted by Gasteiger charge is -2.17. The SMILES string of the molecule is NC(=O)c1cc2c(s1)-c1cc(F)cc(F)c1OC2. The maximum absolute atomic E-state index is 13.5. The van der Waals surface area contributed by atoms with Gasteiger partial charge in [-0.25, -0.2) is 8.78 Å². The largest absolute Gasteiger partial charge is 0.485 e. The van der Waals surface area contributed by atoms with Gasteiger partial charge in [0.15, 0.2) is 11.6 Å². The van der Waals surface area contributed by atoms with Crippen molar-refractivity contribution < 1.29 is 18.3 Å². The molecule has 0 spiro atoms. The summed E-state index contributed by atoms with van der Waals surface area (Å²) >= 11 is 1.12. The molecule has 1 amide bonds. The highest BCUT2D eigenvalue weighted by Crippen LogP contribution is 2.43. The highest BCUT2D eigenvalue weighted by Gasteiger charge is 2.25. The first kappa shape index (κ1) is 11.2. The number of rotatable bonds is 1. The standard InChI is InChI=1S/C12H7F2NO2S/c13-6-2-7-10(8(14)3-6)17-4-5-1-9(12(15)16)18-11(5)7/h1-3H,4H2,(H2,15,16). The van der Waals surface area contributed by atoms with Crippen molar-refractivity contribution in [1.82, 2.24) is 0 Å². The summed E-state index contributed by atoms with van der Waals surface area (Å²) in [6.07, 6.45) is 0. The van der Waals surface area contributed by atoms with E-state index in [2.05, 4.69) is 0 Å². The molecule has 0 saturated heterocycles. The van der Waals surface area contributed by atoms with Crippen LogP contribution in [0.3, 0.4) is 0 Å². The van der Waals surface area contributed by atoms with E-state index in [4.69, 9.17) is 10.5 Å². The van der Waals surface area contributed by atoms with Crippen LogP contribution >= 0.6 is 11.3 Å². The molecular formula is C12H7F2NO2S. The molecule has 1 aliphatic rings. The van der Waals surface area contributed by atoms with Crippen molar-refractivity contribution in [2.24, 2.45) is 5.73 Å². The minimum absolute atomic E-state index is 0.0155. The van der Waals surface area contributed by atoms with Crippen molar-refractivity contribution in [3.8, 4) is 16.2 Å². The van der Waals surface area contributed by atoms with Gasteiger partial charge in [-0.2, -0.15) is 0 Å². The van der Waals surface area contributed by atoms with E-state index in [1.165, 1.54) is 6.07 Å². The van der Waals surface area contributed by atoms with Gasteiger partial charge < -0.3 is 10.5 Å². The summed E-state index contributed by atoms with van der Waals surface area (Å²) in [5, 5.41) is 0. The summed E-state index contributed by atoms with van der Waals surface area (Å²) in [5.74, 6) is -1.98. The number of nitrogens with two attached hydrogens (primary N) is 1. The van der Waals surface area contributed by atoms with Crippen LogP contribution in [-0.2, 0) is 6.61 Å². The molecule has 1 aliphatic heterocycles. The number of halogens is 2. The fraction of sp³-hybridized carbons (Fsp3) is 0.0833. The van der Waals surface area contributed by atoms with Crippen molar-refractivity contribution in [3.05, 3.63) is 40.3 Å². The zero-order valence-electron chi connectivity index (χ0n) is 9.00. The van der Waals surface area contributed by atoms with Crippen LogP contribution in [-0.4, -0.2) is 5.91 Å². The molecule has 3 rings (SSSR count). The molecule has 0 atom stereocenters. The van der Waals surface area contributed by atoms with E-state index in [1.54, 1.807) is 6.07 Å². The number of amides is 1. The summed E-state index contributed by atoms with van der Waals surface area (Å²) in [7, 11) is 0. The Morgan fingerprint density at radius 3 is 2.83 bits per heavy atom. The Bertz CT molecular complexity index is 666. The first-order valence-corrected chi connectivity index (χ1v) is 5.92. The molecule has 1 aromatic carbocycles. The van der Waals surface area contributed by atoms with Crippen molar-refractivity contribution in [3.63, 3.8) is 0 Å². The number of fused-ring (bicyclic) bond motifs is 3. The second-order valence-electron chi connectivity index (χ2n) is 3.88. The van der Waals surface area contributed by atoms with Crippen molar-refractivity contribution in [2.45, 2.75) is 6.61 Å². The average Bonchev–Trinajstić information content (AvgIpc) is 2.72. The number of primary amides is 1. The van der Waals surface area contributed by atoms with Crippen LogP contribution < -0.4 is 10.5 Å². The van der Waals surface area contributed by atoms with Gasteiger partial charge in [0.1, 0.15) is 12.4 Å². The van der Waals surface area contributed by atoms with Gasteiger partial charge in [-0.3, -0.25) is 4.79 Å². The zero-order chi connectivity index (χ0) is 12.9. The van der Waals surface area contributed by atoms with Gasteiger partial charge in [0, 0.05) is 22.1 Å². The minimum Gasteiger partial charge on any atom is -0.485 e. The Morgan fingerprint density at radius 1 is 1.33 bits per heavy atom. The fourth-order valence-corrected chi connectivity index (χ4v) is 2.94. The van der Waals surface area contributed by atoms with Crippen LogP contribution in [0, 0.1) is 11.6 Å². The Hall–Kier alpha value is -1.95. The molecule has 2 aromatic rings. The Balaban J connectivity index is 2.24. The van der Waals surface area contributed by atoms with E-state index < -0.39 is 17.5 Å². The molecule has 0 radical (unpaired) electrons. The van der Waals surface area contributed by atoms with Gasteiger partial charge >= 0.3 is 0 Å². The zero-order valence-corrected chi connectivity index (χ0v) is 9.81. The monoisotopic (exact) mass is 267 g/mol. The molecular weight excluding hydrogens is 260 g/mol. The normalized spacial score (nSPS) is 12.6. The molecule has 0 aliphatic carbocycles. The number of carbonyl (C=O) groups excluding carboxylic acids is 1. The molecule has 3 nitrogen and oxygen atoms in total. The number of hydrogen-bond acceptors (Lipinski definition) is 3. The van der Waals surface area contributed by atoms with Crippen LogP contribution in [0.1, 0.15) is 15.2 Å². The maximum Gasteiger partial charge on any atom is 0.258 e. The third-order valence-corrected chi connectivity index (χ3v) is 3.90. The lowest BCUT2D eigenvalue weighted by molar-refractivity contribution is 0.100. The molecule has 6 heteroatoms. The molecule has 18 heavy (non-hydrogen) atoms. The summed E-state index contributed by atoms with van der Waals surface area (Å²) < 4.78 is 32.0. The van der Waals surface area contributed by atoms with E-state index in [-0.39, 0.29) is 12.4 Å². The Labute approximate surface area is 105 Å². The minimum atomic E-state index is -0.746. The van der Waals surface area contributed by atoms with Gasteiger partial charge in [0.2, 0.25) is 0 Å². The van der Waals surface area contributed by atoms with E-state index in [0.29, 0.717) is 20.9 Å². The third-order valence-electron chi connectivity index (χ3n) is 2.68. The van der Waals surface area contributed by atoms with E-state index in [9.17, 15) is 13.6 Å². The molecule has 1 aromatic heterocycles. The van der Waals surface area contributed by atoms with Gasteiger partial charge in [-0.1, -0.05) is 0 Å². The van der Waals surface area contributed by atoms with E-state index in [0.717, 1.165) is 17.4 Å². The number of thiophene rings is 1. The smallest absolute Gasteiger partial charge is 0.258 e. The number of carbonyl (C=O) groups is 1. The van der Waals surface area contributed by atoms with E-state index in [1.807, 2.05) is 0 Å². The van der Waals surface area contributed by atoms with Crippen LogP contribution in [0.5, 0.6) is 5.75 Å². The summed E-state index contributed by atoms with van der Waals surface area (Å²) in [5.41, 5.74) is 6.23. The van der Waals surface area contributed by atoms with Crippen LogP contribution in [0.4, 0.5) is 8.78 Å². The third kappa shape index (κ3) is 1.57. The van der Waals surface area contributed by atoms with Gasteiger partial charge in [-0.05, 0) is 12.1 Å².